The van der Waals surface area contributed by atoms with Crippen molar-refractivity contribution in [1.29, 1.82) is 0 Å². The Morgan fingerprint density at radius 1 is 0.846 bits per heavy atom. The number of rotatable bonds is 2. The van der Waals surface area contributed by atoms with Gasteiger partial charge in [0.05, 0.1) is 0 Å². The Balaban J connectivity index is 0. The summed E-state index contributed by atoms with van der Waals surface area (Å²) in [5, 5.41) is 0. The topological polar surface area (TPSA) is 0 Å². The third kappa shape index (κ3) is 9.27. The molecule has 0 spiro atoms. The van der Waals surface area contributed by atoms with Crippen LogP contribution < -0.4 is 0 Å². The monoisotopic (exact) mass is 368 g/mol. The summed E-state index contributed by atoms with van der Waals surface area (Å²) < 4.78 is 0. The number of hydrogen-bond acceptors (Lipinski definition) is 0. The first-order chi connectivity index (χ1) is 5.85. The SMILES string of the molecule is C=CC=C.C=Cc1ccccc1.[PbH2]. The molecule has 1 heteroatoms. The van der Waals surface area contributed by atoms with Gasteiger partial charge in [-0.2, -0.15) is 0 Å². The third-order valence-electron chi connectivity index (χ3n) is 1.20. The molecule has 1 aromatic rings. The van der Waals surface area contributed by atoms with E-state index in [1.165, 1.54) is 5.56 Å². The zero-order chi connectivity index (χ0) is 9.23. The van der Waals surface area contributed by atoms with Crippen LogP contribution in [0.15, 0.2) is 62.2 Å². The molecule has 68 valence electrons. The average Bonchev–Trinajstić information content (AvgIpc) is 2.19. The Labute approximate surface area is 101 Å². The van der Waals surface area contributed by atoms with Gasteiger partial charge in [-0.05, 0) is 5.56 Å². The van der Waals surface area contributed by atoms with E-state index in [-0.39, 0.29) is 27.3 Å². The molecule has 0 saturated heterocycles. The van der Waals surface area contributed by atoms with Crippen LogP contribution in [0.4, 0.5) is 0 Å². The first kappa shape index (κ1) is 14.9. The maximum atomic E-state index is 3.63. The molecule has 0 aliphatic heterocycles. The van der Waals surface area contributed by atoms with Gasteiger partial charge in [-0.15, -0.1) is 0 Å². The van der Waals surface area contributed by atoms with E-state index in [0.29, 0.717) is 0 Å². The van der Waals surface area contributed by atoms with Gasteiger partial charge in [0.2, 0.25) is 0 Å². The van der Waals surface area contributed by atoms with Crippen LogP contribution in [0.1, 0.15) is 5.56 Å². The summed E-state index contributed by atoms with van der Waals surface area (Å²) in [6, 6.07) is 10.0. The zero-order valence-electron chi connectivity index (χ0n) is 7.95. The van der Waals surface area contributed by atoms with E-state index >= 15 is 0 Å². The second-order valence-corrected chi connectivity index (χ2v) is 2.09. The van der Waals surface area contributed by atoms with Crippen LogP contribution in [0.25, 0.3) is 6.08 Å². The molecule has 0 aliphatic carbocycles. The molecule has 0 amide bonds. The van der Waals surface area contributed by atoms with Crippen LogP contribution >= 0.6 is 0 Å². The average molecular weight is 367 g/mol. The first-order valence-electron chi connectivity index (χ1n) is 3.76. The van der Waals surface area contributed by atoms with Gasteiger partial charge in [-0.25, -0.2) is 0 Å². The summed E-state index contributed by atoms with van der Waals surface area (Å²) in [6.45, 7) is 10.4. The number of allylic oxidation sites excluding steroid dienone is 2. The molecule has 0 aliphatic rings. The van der Waals surface area contributed by atoms with Gasteiger partial charge >= 0.3 is 27.3 Å². The first-order valence-corrected chi connectivity index (χ1v) is 3.76. The van der Waals surface area contributed by atoms with Gasteiger partial charge in [0.1, 0.15) is 0 Å². The minimum absolute atomic E-state index is 0. The summed E-state index contributed by atoms with van der Waals surface area (Å²) in [7, 11) is 0. The summed E-state index contributed by atoms with van der Waals surface area (Å²) in [5.74, 6) is 0. The molecule has 0 fully saturated rings. The predicted molar refractivity (Wildman–Crippen MR) is 65.5 cm³/mol. The van der Waals surface area contributed by atoms with E-state index in [4.69, 9.17) is 0 Å². The molecule has 1 aromatic carbocycles. The Bertz CT molecular complexity index is 231. The van der Waals surface area contributed by atoms with E-state index in [0.717, 1.165) is 0 Å². The standard InChI is InChI=1S/C8H8.C4H6.Pb.2H/c1-2-8-6-4-3-5-7-8;1-3-4-2;;;/h2-7H,1H2;3-4H,1-2H2;;;. The van der Waals surface area contributed by atoms with E-state index in [9.17, 15) is 0 Å². The van der Waals surface area contributed by atoms with Crippen molar-refractivity contribution in [2.45, 2.75) is 0 Å². The van der Waals surface area contributed by atoms with Gasteiger partial charge in [-0.1, -0.05) is 68.3 Å². The van der Waals surface area contributed by atoms with Crippen molar-refractivity contribution in [2.24, 2.45) is 0 Å². The molecule has 0 bridgehead atoms. The molecule has 0 nitrogen and oxygen atoms in total. The van der Waals surface area contributed by atoms with Crippen LogP contribution in [0, 0.1) is 0 Å². The summed E-state index contributed by atoms with van der Waals surface area (Å²) in [4.78, 5) is 0. The van der Waals surface area contributed by atoms with Crippen LogP contribution in [0.2, 0.25) is 0 Å². The fourth-order valence-corrected chi connectivity index (χ4v) is 0.589. The fraction of sp³-hybridized carbons (Fsp3) is 0. The summed E-state index contributed by atoms with van der Waals surface area (Å²) >= 11 is 0. The van der Waals surface area contributed by atoms with Gasteiger partial charge in [0.25, 0.3) is 0 Å². The predicted octanol–water partition coefficient (Wildman–Crippen LogP) is 2.77. The van der Waals surface area contributed by atoms with Crippen molar-refractivity contribution in [2.75, 3.05) is 0 Å². The van der Waals surface area contributed by atoms with Crippen LogP contribution in [0.5, 0.6) is 0 Å². The van der Waals surface area contributed by atoms with Gasteiger partial charge in [0, 0.05) is 0 Å². The number of hydrogen-bond donors (Lipinski definition) is 0. The molecule has 0 unspecified atom stereocenters. The molecule has 2 radical (unpaired) electrons. The van der Waals surface area contributed by atoms with Crippen molar-refractivity contribution < 1.29 is 0 Å². The Morgan fingerprint density at radius 2 is 1.31 bits per heavy atom. The molecular formula is C12H16Pb. The van der Waals surface area contributed by atoms with Crippen molar-refractivity contribution >= 4 is 33.4 Å². The Hall–Kier alpha value is -0.638. The normalized spacial score (nSPS) is 6.77. The Kier molecular flexibility index (Phi) is 13.0. The van der Waals surface area contributed by atoms with Crippen molar-refractivity contribution in [3.8, 4) is 0 Å². The summed E-state index contributed by atoms with van der Waals surface area (Å²) in [6.07, 6.45) is 5.11. The summed E-state index contributed by atoms with van der Waals surface area (Å²) in [5.41, 5.74) is 1.17. The molecule has 0 heterocycles. The van der Waals surface area contributed by atoms with Crippen LogP contribution in [-0.2, 0) is 0 Å². The zero-order valence-corrected chi connectivity index (χ0v) is 13.4. The van der Waals surface area contributed by atoms with E-state index < -0.39 is 0 Å². The minimum atomic E-state index is 0. The molecule has 13 heavy (non-hydrogen) atoms. The molecule has 1 rings (SSSR count). The van der Waals surface area contributed by atoms with E-state index in [1.807, 2.05) is 36.4 Å². The van der Waals surface area contributed by atoms with Gasteiger partial charge < -0.3 is 0 Å². The Morgan fingerprint density at radius 3 is 1.54 bits per heavy atom. The van der Waals surface area contributed by atoms with E-state index in [1.54, 1.807) is 12.2 Å². The second kappa shape index (κ2) is 11.4. The molecule has 0 N–H and O–H groups in total. The van der Waals surface area contributed by atoms with Crippen molar-refractivity contribution in [3.05, 3.63) is 67.8 Å². The van der Waals surface area contributed by atoms with E-state index in [2.05, 4.69) is 19.7 Å². The van der Waals surface area contributed by atoms with Crippen molar-refractivity contribution in [3.63, 3.8) is 0 Å². The quantitative estimate of drug-likeness (QED) is 0.557. The fourth-order valence-electron chi connectivity index (χ4n) is 0.589. The van der Waals surface area contributed by atoms with Gasteiger partial charge in [-0.3, -0.25) is 0 Å². The molecule has 0 saturated carbocycles. The second-order valence-electron chi connectivity index (χ2n) is 2.09. The van der Waals surface area contributed by atoms with Gasteiger partial charge in [0.15, 0.2) is 0 Å². The molecular weight excluding hydrogens is 351 g/mol. The number of benzene rings is 1. The maximum absolute atomic E-state index is 3.63. The third-order valence-corrected chi connectivity index (χ3v) is 1.20. The molecule has 0 atom stereocenters. The van der Waals surface area contributed by atoms with Crippen LogP contribution in [-0.4, -0.2) is 27.3 Å². The van der Waals surface area contributed by atoms with Crippen molar-refractivity contribution in [1.82, 2.24) is 0 Å². The molecule has 0 aromatic heterocycles. The van der Waals surface area contributed by atoms with Crippen LogP contribution in [0.3, 0.4) is 0 Å².